The van der Waals surface area contributed by atoms with E-state index in [2.05, 4.69) is 118 Å². The number of rotatable bonds is 6. The number of benzene rings is 2. The predicted octanol–water partition coefficient (Wildman–Crippen LogP) is 7.54. The van der Waals surface area contributed by atoms with Crippen molar-refractivity contribution in [2.24, 2.45) is 0 Å². The van der Waals surface area contributed by atoms with Gasteiger partial charge in [-0.1, -0.05) is 107 Å². The molecule has 0 aliphatic carbocycles. The second-order valence-corrected chi connectivity index (χ2v) is 15.2. The highest BCUT2D eigenvalue weighted by Gasteiger charge is 2.27. The van der Waals surface area contributed by atoms with Gasteiger partial charge in [-0.05, 0) is 80.1 Å². The summed E-state index contributed by atoms with van der Waals surface area (Å²) < 4.78 is 0. The molecule has 0 spiro atoms. The van der Waals surface area contributed by atoms with Crippen LogP contribution in [0.4, 0.5) is 0 Å². The fourth-order valence-electron chi connectivity index (χ4n) is 4.67. The van der Waals surface area contributed by atoms with Crippen molar-refractivity contribution in [1.82, 2.24) is 10.6 Å². The highest BCUT2D eigenvalue weighted by molar-refractivity contribution is 7.80. The van der Waals surface area contributed by atoms with Gasteiger partial charge in [0.1, 0.15) is 11.5 Å². The second kappa shape index (κ2) is 11.5. The van der Waals surface area contributed by atoms with Crippen LogP contribution in [0.5, 0.6) is 11.5 Å². The number of hydrogen-bond donors (Lipinski definition) is 4. The van der Waals surface area contributed by atoms with Gasteiger partial charge >= 0.3 is 0 Å². The number of phenols is 2. The first kappa shape index (κ1) is 31.9. The van der Waals surface area contributed by atoms with Crippen molar-refractivity contribution in [3.05, 3.63) is 57.6 Å². The van der Waals surface area contributed by atoms with E-state index in [1.807, 2.05) is 0 Å². The van der Waals surface area contributed by atoms with Crippen LogP contribution in [0.25, 0.3) is 0 Å². The lowest BCUT2D eigenvalue weighted by atomic mass is 9.78. The van der Waals surface area contributed by atoms with Gasteiger partial charge in [0.2, 0.25) is 0 Å². The third kappa shape index (κ3) is 8.36. The molecular weight excluding hydrogens is 488 g/mol. The van der Waals surface area contributed by atoms with Gasteiger partial charge in [0.15, 0.2) is 5.11 Å². The molecule has 0 aromatic heterocycles. The average Bonchev–Trinajstić information content (AvgIpc) is 2.72. The molecule has 0 atom stereocenters. The molecule has 4 N–H and O–H groups in total. The topological polar surface area (TPSA) is 64.5 Å². The van der Waals surface area contributed by atoms with Gasteiger partial charge in [0, 0.05) is 13.1 Å². The lowest BCUT2D eigenvalue weighted by Crippen LogP contribution is -2.37. The molecule has 4 nitrogen and oxygen atoms in total. The molecule has 38 heavy (non-hydrogen) atoms. The SMILES string of the molecule is CC(C)(C)c1cc(CCNC(=S)NCCc2cc(C(C)(C)C)c(O)c(C(C)(C)C)c2)cc(C(C)(C)C)c1O. The molecule has 0 amide bonds. The van der Waals surface area contributed by atoms with E-state index in [0.29, 0.717) is 29.7 Å². The Morgan fingerprint density at radius 1 is 0.553 bits per heavy atom. The monoisotopic (exact) mass is 540 g/mol. The molecule has 0 fully saturated rings. The number of thiocarbonyl (C=S) groups is 1. The first-order chi connectivity index (χ1) is 17.1. The molecule has 0 radical (unpaired) electrons. The summed E-state index contributed by atoms with van der Waals surface area (Å²) in [4.78, 5) is 0. The van der Waals surface area contributed by atoms with Crippen LogP contribution in [-0.4, -0.2) is 28.4 Å². The Morgan fingerprint density at radius 2 is 0.789 bits per heavy atom. The summed E-state index contributed by atoms with van der Waals surface area (Å²) in [5, 5.41) is 29.3. The number of hydrogen-bond acceptors (Lipinski definition) is 3. The zero-order valence-electron chi connectivity index (χ0n) is 25.9. The molecule has 2 rings (SSSR count). The van der Waals surface area contributed by atoms with Crippen LogP contribution >= 0.6 is 12.2 Å². The molecular formula is C33H52N2O2S. The van der Waals surface area contributed by atoms with Crippen molar-refractivity contribution in [2.75, 3.05) is 13.1 Å². The van der Waals surface area contributed by atoms with E-state index in [1.165, 1.54) is 11.1 Å². The molecule has 0 saturated carbocycles. The van der Waals surface area contributed by atoms with E-state index in [0.717, 1.165) is 35.1 Å². The van der Waals surface area contributed by atoms with Crippen LogP contribution in [0, 0.1) is 0 Å². The van der Waals surface area contributed by atoms with Gasteiger partial charge in [-0.2, -0.15) is 0 Å². The highest BCUT2D eigenvalue weighted by atomic mass is 32.1. The Balaban J connectivity index is 2.05. The molecule has 0 unspecified atom stereocenters. The van der Waals surface area contributed by atoms with E-state index in [9.17, 15) is 10.2 Å². The normalized spacial score (nSPS) is 12.9. The largest absolute Gasteiger partial charge is 0.507 e. The molecule has 0 aliphatic heterocycles. The van der Waals surface area contributed by atoms with Crippen molar-refractivity contribution in [3.63, 3.8) is 0 Å². The highest BCUT2D eigenvalue weighted by Crippen LogP contribution is 2.41. The third-order valence-corrected chi connectivity index (χ3v) is 7.26. The molecule has 212 valence electrons. The Bertz CT molecular complexity index is 980. The minimum absolute atomic E-state index is 0.141. The van der Waals surface area contributed by atoms with Gasteiger partial charge < -0.3 is 20.8 Å². The number of phenolic OH excluding ortho intramolecular Hbond substituents is 2. The average molecular weight is 541 g/mol. The zero-order chi connectivity index (χ0) is 29.3. The lowest BCUT2D eigenvalue weighted by molar-refractivity contribution is 0.422. The minimum atomic E-state index is -0.141. The van der Waals surface area contributed by atoms with Gasteiger partial charge in [-0.3, -0.25) is 0 Å². The van der Waals surface area contributed by atoms with Crippen molar-refractivity contribution in [3.8, 4) is 11.5 Å². The Hall–Kier alpha value is -2.27. The van der Waals surface area contributed by atoms with Crippen LogP contribution in [0.1, 0.15) is 116 Å². The summed E-state index contributed by atoms with van der Waals surface area (Å²) >= 11 is 5.56. The summed E-state index contributed by atoms with van der Waals surface area (Å²) in [6.45, 7) is 27.1. The van der Waals surface area contributed by atoms with E-state index in [1.54, 1.807) is 0 Å². The second-order valence-electron chi connectivity index (χ2n) is 14.8. The van der Waals surface area contributed by atoms with E-state index < -0.39 is 0 Å². The first-order valence-electron chi connectivity index (χ1n) is 13.9. The standard InChI is InChI=1S/C33H52N2O2S/c1-30(2,3)23-17-21(18-24(27(23)36)31(4,5)6)13-15-34-29(38)35-16-14-22-19-25(32(7,8)9)28(37)26(20-22)33(10,11)12/h17-20,36-37H,13-16H2,1-12H3,(H2,34,35,38). The zero-order valence-corrected chi connectivity index (χ0v) is 26.8. The van der Waals surface area contributed by atoms with Gasteiger partial charge in [0.05, 0.1) is 0 Å². The summed E-state index contributed by atoms with van der Waals surface area (Å²) in [5.74, 6) is 0.828. The van der Waals surface area contributed by atoms with Crippen LogP contribution < -0.4 is 10.6 Å². The lowest BCUT2D eigenvalue weighted by Gasteiger charge is -2.28. The fourth-order valence-corrected chi connectivity index (χ4v) is 4.87. The van der Waals surface area contributed by atoms with Crippen molar-refractivity contribution < 1.29 is 10.2 Å². The summed E-state index contributed by atoms with van der Waals surface area (Å²) in [5.41, 5.74) is 5.77. The number of aromatic hydroxyl groups is 2. The minimum Gasteiger partial charge on any atom is -0.507 e. The molecule has 2 aromatic carbocycles. The van der Waals surface area contributed by atoms with Crippen molar-refractivity contribution in [2.45, 2.75) is 118 Å². The molecule has 2 aromatic rings. The maximum Gasteiger partial charge on any atom is 0.166 e. The van der Waals surface area contributed by atoms with Gasteiger partial charge in [0.25, 0.3) is 0 Å². The van der Waals surface area contributed by atoms with Crippen LogP contribution in [0.2, 0.25) is 0 Å². The molecule has 0 aliphatic rings. The van der Waals surface area contributed by atoms with Crippen LogP contribution in [0.3, 0.4) is 0 Å². The van der Waals surface area contributed by atoms with E-state index >= 15 is 0 Å². The Kier molecular flexibility index (Phi) is 9.63. The maximum atomic E-state index is 11.0. The molecule has 0 bridgehead atoms. The summed E-state index contributed by atoms with van der Waals surface area (Å²) in [6.07, 6.45) is 1.63. The van der Waals surface area contributed by atoms with Gasteiger partial charge in [-0.25, -0.2) is 0 Å². The fraction of sp³-hybridized carbons (Fsp3) is 0.606. The Morgan fingerprint density at radius 3 is 1.00 bits per heavy atom. The summed E-state index contributed by atoms with van der Waals surface area (Å²) in [7, 11) is 0. The smallest absolute Gasteiger partial charge is 0.166 e. The molecule has 0 saturated heterocycles. The van der Waals surface area contributed by atoms with Crippen molar-refractivity contribution in [1.29, 1.82) is 0 Å². The number of nitrogens with one attached hydrogen (secondary N) is 2. The summed E-state index contributed by atoms with van der Waals surface area (Å²) in [6, 6.07) is 8.53. The van der Waals surface area contributed by atoms with E-state index in [-0.39, 0.29) is 21.7 Å². The van der Waals surface area contributed by atoms with Crippen LogP contribution in [0.15, 0.2) is 24.3 Å². The third-order valence-electron chi connectivity index (χ3n) is 6.97. The Labute approximate surface area is 237 Å². The first-order valence-corrected chi connectivity index (χ1v) is 14.3. The predicted molar refractivity (Wildman–Crippen MR) is 167 cm³/mol. The van der Waals surface area contributed by atoms with E-state index in [4.69, 9.17) is 12.2 Å². The van der Waals surface area contributed by atoms with Crippen molar-refractivity contribution >= 4 is 17.3 Å². The molecule has 5 heteroatoms. The quantitative estimate of drug-likeness (QED) is 0.285. The van der Waals surface area contributed by atoms with Crippen LogP contribution in [-0.2, 0) is 34.5 Å². The van der Waals surface area contributed by atoms with Gasteiger partial charge in [-0.15, -0.1) is 0 Å². The molecule has 0 heterocycles. The maximum absolute atomic E-state index is 11.0.